The second-order valence-electron chi connectivity index (χ2n) is 5.35. The number of benzene rings is 1. The second kappa shape index (κ2) is 9.30. The summed E-state index contributed by atoms with van der Waals surface area (Å²) in [5.41, 5.74) is 0.952. The number of nitrogens with zero attached hydrogens (tertiary/aromatic N) is 2. The highest BCUT2D eigenvalue weighted by molar-refractivity contribution is 6.31. The van der Waals surface area contributed by atoms with Crippen molar-refractivity contribution in [1.29, 1.82) is 0 Å². The maximum Gasteiger partial charge on any atom is 0.241 e. The Hall–Kier alpha value is -1.75. The standard InChI is InChI=1S/C16H25ClN4O/c1-5-12(2)20-16(19-11-15(22)21(3)4)18-10-13-8-6-7-9-14(13)17/h6-9,12H,5,10-11H2,1-4H3,(H2,18,19,20). The Morgan fingerprint density at radius 1 is 1.36 bits per heavy atom. The van der Waals surface area contributed by atoms with Crippen LogP contribution in [-0.4, -0.2) is 43.4 Å². The monoisotopic (exact) mass is 324 g/mol. The van der Waals surface area contributed by atoms with Crippen LogP contribution in [0.2, 0.25) is 5.02 Å². The first-order chi connectivity index (χ1) is 10.4. The van der Waals surface area contributed by atoms with Crippen LogP contribution >= 0.6 is 11.6 Å². The Kier molecular flexibility index (Phi) is 7.74. The van der Waals surface area contributed by atoms with Gasteiger partial charge in [0.1, 0.15) is 0 Å². The minimum absolute atomic E-state index is 0.00334. The normalized spacial score (nSPS) is 12.7. The Morgan fingerprint density at radius 3 is 2.64 bits per heavy atom. The van der Waals surface area contributed by atoms with Crippen LogP contribution in [0.5, 0.6) is 0 Å². The van der Waals surface area contributed by atoms with Crippen molar-refractivity contribution in [1.82, 2.24) is 15.5 Å². The zero-order valence-electron chi connectivity index (χ0n) is 13.7. The van der Waals surface area contributed by atoms with Gasteiger partial charge in [-0.25, -0.2) is 4.99 Å². The molecule has 1 aromatic carbocycles. The van der Waals surface area contributed by atoms with Gasteiger partial charge in [0.2, 0.25) is 5.91 Å². The quantitative estimate of drug-likeness (QED) is 0.623. The molecule has 1 rings (SSSR count). The molecule has 0 aromatic heterocycles. The zero-order valence-corrected chi connectivity index (χ0v) is 14.4. The lowest BCUT2D eigenvalue weighted by Crippen LogP contribution is -2.45. The fourth-order valence-electron chi connectivity index (χ4n) is 1.60. The second-order valence-corrected chi connectivity index (χ2v) is 5.76. The average Bonchev–Trinajstić information content (AvgIpc) is 2.50. The maximum atomic E-state index is 11.7. The predicted octanol–water partition coefficient (Wildman–Crippen LogP) is 2.26. The van der Waals surface area contributed by atoms with Crippen LogP contribution in [0.1, 0.15) is 25.8 Å². The number of hydrogen-bond donors (Lipinski definition) is 2. The van der Waals surface area contributed by atoms with Crippen molar-refractivity contribution in [2.24, 2.45) is 4.99 Å². The molecule has 5 nitrogen and oxygen atoms in total. The molecule has 0 aliphatic rings. The molecule has 0 bridgehead atoms. The zero-order chi connectivity index (χ0) is 16.5. The molecule has 2 N–H and O–H groups in total. The lowest BCUT2D eigenvalue weighted by Gasteiger charge is -2.18. The molecule has 0 aliphatic heterocycles. The Balaban J connectivity index is 2.73. The number of carbonyl (C=O) groups excluding carboxylic acids is 1. The molecular formula is C16H25ClN4O. The van der Waals surface area contributed by atoms with Gasteiger partial charge in [0.15, 0.2) is 5.96 Å². The summed E-state index contributed by atoms with van der Waals surface area (Å²) in [6, 6.07) is 7.88. The van der Waals surface area contributed by atoms with E-state index in [4.69, 9.17) is 11.6 Å². The van der Waals surface area contributed by atoms with Crippen molar-refractivity contribution < 1.29 is 4.79 Å². The van der Waals surface area contributed by atoms with Gasteiger partial charge in [0.05, 0.1) is 13.1 Å². The first-order valence-electron chi connectivity index (χ1n) is 7.42. The molecular weight excluding hydrogens is 300 g/mol. The van der Waals surface area contributed by atoms with E-state index >= 15 is 0 Å². The van der Waals surface area contributed by atoms with Gasteiger partial charge in [-0.2, -0.15) is 0 Å². The van der Waals surface area contributed by atoms with Crippen molar-refractivity contribution in [2.45, 2.75) is 32.9 Å². The van der Waals surface area contributed by atoms with Crippen molar-refractivity contribution in [3.63, 3.8) is 0 Å². The molecule has 0 spiro atoms. The Morgan fingerprint density at radius 2 is 2.05 bits per heavy atom. The highest BCUT2D eigenvalue weighted by atomic mass is 35.5. The van der Waals surface area contributed by atoms with Crippen LogP contribution in [0.3, 0.4) is 0 Å². The van der Waals surface area contributed by atoms with Crippen LogP contribution in [0.4, 0.5) is 0 Å². The number of carbonyl (C=O) groups is 1. The van der Waals surface area contributed by atoms with E-state index < -0.39 is 0 Å². The Labute approximate surface area is 137 Å². The van der Waals surface area contributed by atoms with E-state index in [1.54, 1.807) is 19.0 Å². The largest absolute Gasteiger partial charge is 0.354 e. The summed E-state index contributed by atoms with van der Waals surface area (Å²) in [6.45, 7) is 4.83. The number of guanidine groups is 1. The van der Waals surface area contributed by atoms with Gasteiger partial charge in [-0.1, -0.05) is 36.7 Å². The number of aliphatic imine (C=N–C) groups is 1. The summed E-state index contributed by atoms with van der Waals surface area (Å²) in [5.74, 6) is 0.612. The van der Waals surface area contributed by atoms with Gasteiger partial charge in [-0.15, -0.1) is 0 Å². The third-order valence-corrected chi connectivity index (χ3v) is 3.64. The molecule has 1 atom stereocenters. The van der Waals surface area contributed by atoms with E-state index in [0.717, 1.165) is 12.0 Å². The predicted molar refractivity (Wildman–Crippen MR) is 92.2 cm³/mol. The summed E-state index contributed by atoms with van der Waals surface area (Å²) >= 11 is 6.14. The topological polar surface area (TPSA) is 56.7 Å². The summed E-state index contributed by atoms with van der Waals surface area (Å²) in [6.07, 6.45) is 0.967. The van der Waals surface area contributed by atoms with Crippen LogP contribution in [0.15, 0.2) is 29.3 Å². The summed E-state index contributed by atoms with van der Waals surface area (Å²) in [5, 5.41) is 7.03. The summed E-state index contributed by atoms with van der Waals surface area (Å²) in [7, 11) is 3.46. The number of rotatable bonds is 6. The van der Waals surface area contributed by atoms with E-state index in [9.17, 15) is 4.79 Å². The average molecular weight is 325 g/mol. The highest BCUT2D eigenvalue weighted by Crippen LogP contribution is 2.15. The minimum atomic E-state index is -0.00334. The fourth-order valence-corrected chi connectivity index (χ4v) is 1.79. The lowest BCUT2D eigenvalue weighted by atomic mass is 10.2. The number of likely N-dealkylation sites (N-methyl/N-ethyl adjacent to an activating group) is 1. The number of halogens is 1. The van der Waals surface area contributed by atoms with E-state index in [1.807, 2.05) is 24.3 Å². The van der Waals surface area contributed by atoms with Crippen molar-refractivity contribution in [2.75, 3.05) is 20.6 Å². The van der Waals surface area contributed by atoms with Crippen molar-refractivity contribution >= 4 is 23.5 Å². The van der Waals surface area contributed by atoms with E-state index in [-0.39, 0.29) is 18.5 Å². The number of amides is 1. The highest BCUT2D eigenvalue weighted by Gasteiger charge is 2.08. The van der Waals surface area contributed by atoms with Gasteiger partial charge in [0, 0.05) is 25.2 Å². The molecule has 22 heavy (non-hydrogen) atoms. The molecule has 0 aliphatic carbocycles. The third kappa shape index (κ3) is 6.35. The van der Waals surface area contributed by atoms with Gasteiger partial charge < -0.3 is 15.5 Å². The number of nitrogens with one attached hydrogen (secondary N) is 2. The lowest BCUT2D eigenvalue weighted by molar-refractivity contribution is -0.127. The Bertz CT molecular complexity index is 517. The van der Waals surface area contributed by atoms with Crippen LogP contribution < -0.4 is 10.6 Å². The van der Waals surface area contributed by atoms with E-state index in [0.29, 0.717) is 17.5 Å². The molecule has 1 aromatic rings. The molecule has 0 fully saturated rings. The smallest absolute Gasteiger partial charge is 0.241 e. The molecule has 1 unspecified atom stereocenters. The summed E-state index contributed by atoms with van der Waals surface area (Å²) in [4.78, 5) is 17.7. The maximum absolute atomic E-state index is 11.7. The number of hydrogen-bond acceptors (Lipinski definition) is 2. The van der Waals surface area contributed by atoms with Gasteiger partial charge in [-0.3, -0.25) is 4.79 Å². The van der Waals surface area contributed by atoms with Crippen LogP contribution in [-0.2, 0) is 11.3 Å². The molecule has 122 valence electrons. The van der Waals surface area contributed by atoms with Crippen molar-refractivity contribution in [3.05, 3.63) is 34.9 Å². The van der Waals surface area contributed by atoms with E-state index in [1.165, 1.54) is 0 Å². The molecule has 0 saturated carbocycles. The SMILES string of the molecule is CCC(C)NC(=NCc1ccccc1Cl)NCC(=O)N(C)C. The molecule has 1 amide bonds. The first kappa shape index (κ1) is 18.3. The van der Waals surface area contributed by atoms with Gasteiger partial charge in [-0.05, 0) is 25.0 Å². The van der Waals surface area contributed by atoms with E-state index in [2.05, 4.69) is 29.5 Å². The van der Waals surface area contributed by atoms with Crippen LogP contribution in [0, 0.1) is 0 Å². The van der Waals surface area contributed by atoms with Gasteiger partial charge in [0.25, 0.3) is 0 Å². The molecule has 0 radical (unpaired) electrons. The third-order valence-electron chi connectivity index (χ3n) is 3.27. The molecule has 0 heterocycles. The summed E-state index contributed by atoms with van der Waals surface area (Å²) < 4.78 is 0. The molecule has 6 heteroatoms. The molecule has 0 saturated heterocycles. The fraction of sp³-hybridized carbons (Fsp3) is 0.500. The van der Waals surface area contributed by atoms with Crippen molar-refractivity contribution in [3.8, 4) is 0 Å². The minimum Gasteiger partial charge on any atom is -0.354 e. The van der Waals surface area contributed by atoms with Crippen LogP contribution in [0.25, 0.3) is 0 Å². The first-order valence-corrected chi connectivity index (χ1v) is 7.80. The van der Waals surface area contributed by atoms with Gasteiger partial charge >= 0.3 is 0 Å².